The molecule has 0 saturated carbocycles. The molecular weight excluding hydrogens is 202 g/mol. The highest BCUT2D eigenvalue weighted by atomic mass is 16.5. The van der Waals surface area contributed by atoms with E-state index in [9.17, 15) is 0 Å². The maximum absolute atomic E-state index is 8.65. The minimum absolute atomic E-state index is 0.362. The van der Waals surface area contributed by atoms with Crippen LogP contribution in [0.1, 0.15) is 25.0 Å². The molecular formula is C12H13N3O. The molecule has 3 atom stereocenters. The van der Waals surface area contributed by atoms with E-state index in [1.807, 2.05) is 12.1 Å². The second-order valence-electron chi connectivity index (χ2n) is 4.40. The molecule has 3 heterocycles. The van der Waals surface area contributed by atoms with Crippen molar-refractivity contribution in [3.63, 3.8) is 0 Å². The van der Waals surface area contributed by atoms with Crippen molar-refractivity contribution in [2.75, 3.05) is 5.32 Å². The van der Waals surface area contributed by atoms with Gasteiger partial charge in [-0.2, -0.15) is 5.26 Å². The predicted molar refractivity (Wildman–Crippen MR) is 58.9 cm³/mol. The quantitative estimate of drug-likeness (QED) is 0.815. The first-order valence-electron chi connectivity index (χ1n) is 5.63. The smallest absolute Gasteiger partial charge is 0.140 e. The maximum atomic E-state index is 8.65. The van der Waals surface area contributed by atoms with Crippen molar-refractivity contribution in [3.8, 4) is 6.07 Å². The number of ether oxygens (including phenoxy) is 1. The van der Waals surface area contributed by atoms with Crippen molar-refractivity contribution in [3.05, 3.63) is 24.0 Å². The zero-order valence-electron chi connectivity index (χ0n) is 8.89. The first-order valence-corrected chi connectivity index (χ1v) is 5.63. The largest absolute Gasteiger partial charge is 0.378 e. The Morgan fingerprint density at radius 3 is 2.94 bits per heavy atom. The van der Waals surface area contributed by atoms with Gasteiger partial charge in [-0.25, -0.2) is 4.98 Å². The SMILES string of the molecule is N#Cc1ccc(N[C@@H]2C[C@H]3CC[C@@H]2O3)cn1. The Hall–Kier alpha value is -1.60. The Kier molecular flexibility index (Phi) is 2.26. The Bertz CT molecular complexity index is 423. The molecule has 1 aromatic rings. The van der Waals surface area contributed by atoms with E-state index in [2.05, 4.69) is 10.3 Å². The predicted octanol–water partition coefficient (Wildman–Crippen LogP) is 1.69. The molecule has 0 radical (unpaired) electrons. The number of rotatable bonds is 2. The van der Waals surface area contributed by atoms with Crippen LogP contribution in [-0.2, 0) is 4.74 Å². The highest BCUT2D eigenvalue weighted by Gasteiger charge is 2.40. The summed E-state index contributed by atoms with van der Waals surface area (Å²) >= 11 is 0. The number of nitrogens with zero attached hydrogens (tertiary/aromatic N) is 2. The monoisotopic (exact) mass is 215 g/mol. The second kappa shape index (κ2) is 3.76. The first-order chi connectivity index (χ1) is 7.85. The van der Waals surface area contributed by atoms with E-state index in [0.717, 1.165) is 18.5 Å². The molecule has 1 N–H and O–H groups in total. The lowest BCUT2D eigenvalue weighted by molar-refractivity contribution is 0.102. The summed E-state index contributed by atoms with van der Waals surface area (Å²) in [5, 5.41) is 12.1. The third kappa shape index (κ3) is 1.63. The van der Waals surface area contributed by atoms with Gasteiger partial charge < -0.3 is 10.1 Å². The van der Waals surface area contributed by atoms with Gasteiger partial charge in [0.2, 0.25) is 0 Å². The molecule has 0 aromatic carbocycles. The van der Waals surface area contributed by atoms with Gasteiger partial charge >= 0.3 is 0 Å². The Morgan fingerprint density at radius 2 is 2.38 bits per heavy atom. The summed E-state index contributed by atoms with van der Waals surface area (Å²) < 4.78 is 5.77. The molecule has 16 heavy (non-hydrogen) atoms. The third-order valence-corrected chi connectivity index (χ3v) is 3.34. The lowest BCUT2D eigenvalue weighted by atomic mass is 9.95. The van der Waals surface area contributed by atoms with Gasteiger partial charge in [0.25, 0.3) is 0 Å². The molecule has 2 aliphatic heterocycles. The van der Waals surface area contributed by atoms with Crippen LogP contribution >= 0.6 is 0 Å². The highest BCUT2D eigenvalue weighted by Crippen LogP contribution is 2.35. The summed E-state index contributed by atoms with van der Waals surface area (Å²) in [4.78, 5) is 4.04. The van der Waals surface area contributed by atoms with E-state index >= 15 is 0 Å². The summed E-state index contributed by atoms with van der Waals surface area (Å²) in [5.41, 5.74) is 1.43. The Morgan fingerprint density at radius 1 is 1.44 bits per heavy atom. The number of anilines is 1. The van der Waals surface area contributed by atoms with Crippen molar-refractivity contribution in [1.82, 2.24) is 4.98 Å². The summed E-state index contributed by atoms with van der Waals surface area (Å²) in [6, 6.07) is 6.05. The van der Waals surface area contributed by atoms with Gasteiger partial charge in [-0.3, -0.25) is 0 Å². The average molecular weight is 215 g/mol. The van der Waals surface area contributed by atoms with E-state index in [1.165, 1.54) is 6.42 Å². The van der Waals surface area contributed by atoms with Gasteiger partial charge in [0.1, 0.15) is 11.8 Å². The zero-order valence-corrected chi connectivity index (χ0v) is 8.89. The molecule has 0 aliphatic carbocycles. The van der Waals surface area contributed by atoms with Gasteiger partial charge in [-0.15, -0.1) is 0 Å². The molecule has 3 rings (SSSR count). The molecule has 2 bridgehead atoms. The Labute approximate surface area is 94.2 Å². The van der Waals surface area contributed by atoms with Gasteiger partial charge in [-0.05, 0) is 31.4 Å². The number of hydrogen-bond donors (Lipinski definition) is 1. The van der Waals surface area contributed by atoms with E-state index < -0.39 is 0 Å². The fourth-order valence-electron chi connectivity index (χ4n) is 2.55. The van der Waals surface area contributed by atoms with E-state index in [-0.39, 0.29) is 0 Å². The highest BCUT2D eigenvalue weighted by molar-refractivity contribution is 5.44. The van der Waals surface area contributed by atoms with Gasteiger partial charge in [0, 0.05) is 0 Å². The van der Waals surface area contributed by atoms with Crippen molar-refractivity contribution >= 4 is 5.69 Å². The fraction of sp³-hybridized carbons (Fsp3) is 0.500. The van der Waals surface area contributed by atoms with Crippen LogP contribution in [0.3, 0.4) is 0 Å². The summed E-state index contributed by atoms with van der Waals surface area (Å²) in [6.07, 6.45) is 5.98. The van der Waals surface area contributed by atoms with Crippen LogP contribution in [0.5, 0.6) is 0 Å². The van der Waals surface area contributed by atoms with Crippen molar-refractivity contribution in [1.29, 1.82) is 5.26 Å². The van der Waals surface area contributed by atoms with Crippen LogP contribution in [0.4, 0.5) is 5.69 Å². The first kappa shape index (κ1) is 9.61. The van der Waals surface area contributed by atoms with Crippen LogP contribution in [0, 0.1) is 11.3 Å². The number of pyridine rings is 1. The van der Waals surface area contributed by atoms with Gasteiger partial charge in [0.05, 0.1) is 30.1 Å². The number of nitrogens with one attached hydrogen (secondary N) is 1. The van der Waals surface area contributed by atoms with Crippen molar-refractivity contribution in [2.45, 2.75) is 37.5 Å². The van der Waals surface area contributed by atoms with Crippen LogP contribution in [0.25, 0.3) is 0 Å². The molecule has 0 amide bonds. The molecule has 0 unspecified atom stereocenters. The summed E-state index contributed by atoms with van der Waals surface area (Å²) in [7, 11) is 0. The topological polar surface area (TPSA) is 57.9 Å². The van der Waals surface area contributed by atoms with Crippen molar-refractivity contribution in [2.24, 2.45) is 0 Å². The maximum Gasteiger partial charge on any atom is 0.140 e. The van der Waals surface area contributed by atoms with Crippen LogP contribution in [-0.4, -0.2) is 23.2 Å². The van der Waals surface area contributed by atoms with Crippen LogP contribution < -0.4 is 5.32 Å². The third-order valence-electron chi connectivity index (χ3n) is 3.34. The minimum Gasteiger partial charge on any atom is -0.378 e. The lowest BCUT2D eigenvalue weighted by Crippen LogP contribution is -2.30. The van der Waals surface area contributed by atoms with E-state index in [1.54, 1.807) is 12.3 Å². The van der Waals surface area contributed by atoms with Crippen LogP contribution in [0.2, 0.25) is 0 Å². The normalized spacial score (nSPS) is 31.3. The molecule has 0 spiro atoms. The standard InChI is InChI=1S/C12H13N3O/c13-6-8-1-2-9(7-14-8)15-11-5-10-3-4-12(11)16-10/h1-2,7,10-12,15H,3-5H2/t10-,11-,12+/m1/s1. The van der Waals surface area contributed by atoms with E-state index in [0.29, 0.717) is 23.9 Å². The molecule has 4 nitrogen and oxygen atoms in total. The molecule has 82 valence electrons. The number of fused-ring (bicyclic) bond motifs is 2. The van der Waals surface area contributed by atoms with Crippen molar-refractivity contribution < 1.29 is 4.74 Å². The molecule has 4 heteroatoms. The van der Waals surface area contributed by atoms with E-state index in [4.69, 9.17) is 10.00 Å². The average Bonchev–Trinajstić information content (AvgIpc) is 2.92. The summed E-state index contributed by atoms with van der Waals surface area (Å²) in [6.45, 7) is 0. The lowest BCUT2D eigenvalue weighted by Gasteiger charge is -2.20. The minimum atomic E-state index is 0.362. The van der Waals surface area contributed by atoms with Crippen LogP contribution in [0.15, 0.2) is 18.3 Å². The second-order valence-corrected chi connectivity index (χ2v) is 4.40. The molecule has 2 saturated heterocycles. The number of hydrogen-bond acceptors (Lipinski definition) is 4. The van der Waals surface area contributed by atoms with Gasteiger partial charge in [0.15, 0.2) is 0 Å². The summed E-state index contributed by atoms with van der Waals surface area (Å²) in [5.74, 6) is 0. The molecule has 2 aliphatic rings. The zero-order chi connectivity index (χ0) is 11.0. The fourth-order valence-corrected chi connectivity index (χ4v) is 2.55. The van der Waals surface area contributed by atoms with Gasteiger partial charge in [-0.1, -0.05) is 0 Å². The molecule has 1 aromatic heterocycles. The number of nitriles is 1. The number of aromatic nitrogens is 1. The Balaban J connectivity index is 1.68. The molecule has 2 fully saturated rings.